The highest BCUT2D eigenvalue weighted by molar-refractivity contribution is 6.06. The molecule has 0 radical (unpaired) electrons. The number of rotatable bonds is 7. The van der Waals surface area contributed by atoms with Crippen LogP contribution in [0.15, 0.2) is 30.3 Å². The van der Waals surface area contributed by atoms with Crippen LogP contribution in [0.1, 0.15) is 74.6 Å². The number of benzene rings is 1. The highest BCUT2D eigenvalue weighted by Crippen LogP contribution is 2.26. The monoisotopic (exact) mass is 424 g/mol. The second-order valence-corrected chi connectivity index (χ2v) is 8.46. The van der Waals surface area contributed by atoms with E-state index in [1.165, 1.54) is 26.4 Å². The number of Topliss-reactive ketones (excluding diaryl/α,β-unsaturated/α-hetero) is 1. The van der Waals surface area contributed by atoms with E-state index >= 15 is 0 Å². The van der Waals surface area contributed by atoms with Crippen molar-refractivity contribution in [2.45, 2.75) is 46.0 Å². The summed E-state index contributed by atoms with van der Waals surface area (Å²) in [5.41, 5.74) is 2.76. The second-order valence-electron chi connectivity index (χ2n) is 8.46. The lowest BCUT2D eigenvalue weighted by Gasteiger charge is -2.29. The van der Waals surface area contributed by atoms with E-state index in [2.05, 4.69) is 0 Å². The van der Waals surface area contributed by atoms with Crippen LogP contribution in [-0.4, -0.2) is 47.3 Å². The number of amides is 1. The molecule has 3 rings (SSSR count). The molecule has 0 saturated heterocycles. The number of ketones is 1. The Balaban J connectivity index is 1.89. The lowest BCUT2D eigenvalue weighted by atomic mass is 9.88. The summed E-state index contributed by atoms with van der Waals surface area (Å²) in [6.07, 6.45) is 5.75. The van der Waals surface area contributed by atoms with Crippen molar-refractivity contribution < 1.29 is 19.1 Å². The molecule has 1 aromatic heterocycles. The van der Waals surface area contributed by atoms with Crippen molar-refractivity contribution in [1.82, 2.24) is 9.47 Å². The lowest BCUT2D eigenvalue weighted by molar-refractivity contribution is 0.0588. The molecule has 166 valence electrons. The summed E-state index contributed by atoms with van der Waals surface area (Å²) < 4.78 is 6.58. The molecular weight excluding hydrogens is 392 g/mol. The van der Waals surface area contributed by atoms with E-state index in [0.29, 0.717) is 40.5 Å². The zero-order valence-electron chi connectivity index (χ0n) is 18.9. The molecule has 0 bridgehead atoms. The predicted octanol–water partition coefficient (Wildman–Crippen LogP) is 4.33. The number of carbonyl (C=O) groups is 3. The zero-order valence-corrected chi connectivity index (χ0v) is 18.9. The first-order valence-electron chi connectivity index (χ1n) is 11.0. The first-order valence-corrected chi connectivity index (χ1v) is 11.0. The Morgan fingerprint density at radius 2 is 1.71 bits per heavy atom. The van der Waals surface area contributed by atoms with Gasteiger partial charge in [0.05, 0.1) is 13.7 Å². The Morgan fingerprint density at radius 3 is 2.32 bits per heavy atom. The van der Waals surface area contributed by atoms with Crippen LogP contribution < -0.4 is 0 Å². The molecule has 31 heavy (non-hydrogen) atoms. The molecule has 1 heterocycles. The van der Waals surface area contributed by atoms with Gasteiger partial charge in [-0.25, -0.2) is 4.79 Å². The lowest BCUT2D eigenvalue weighted by Crippen LogP contribution is -2.40. The van der Waals surface area contributed by atoms with E-state index in [9.17, 15) is 14.4 Å². The minimum atomic E-state index is -0.471. The smallest absolute Gasteiger partial charge is 0.354 e. The van der Waals surface area contributed by atoms with Gasteiger partial charge < -0.3 is 14.2 Å². The summed E-state index contributed by atoms with van der Waals surface area (Å²) in [5.74, 6) is -0.334. The third kappa shape index (κ3) is 4.89. The van der Waals surface area contributed by atoms with Crippen LogP contribution in [0.25, 0.3) is 0 Å². The van der Waals surface area contributed by atoms with Gasteiger partial charge in [-0.1, -0.05) is 37.5 Å². The Labute approximate surface area is 184 Å². The highest BCUT2D eigenvalue weighted by atomic mass is 16.5. The van der Waals surface area contributed by atoms with Crippen LogP contribution in [0.2, 0.25) is 0 Å². The van der Waals surface area contributed by atoms with Crippen molar-refractivity contribution in [1.29, 1.82) is 0 Å². The Hall–Kier alpha value is -2.89. The summed E-state index contributed by atoms with van der Waals surface area (Å²) >= 11 is 0. The normalized spacial score (nSPS) is 14.3. The number of ether oxygens (including phenoxy) is 1. The minimum Gasteiger partial charge on any atom is -0.464 e. The van der Waals surface area contributed by atoms with Crippen LogP contribution in [0.3, 0.4) is 0 Å². The second kappa shape index (κ2) is 9.94. The van der Waals surface area contributed by atoms with E-state index in [0.717, 1.165) is 12.8 Å². The fraction of sp³-hybridized carbons (Fsp3) is 0.480. The summed E-state index contributed by atoms with van der Waals surface area (Å²) in [7, 11) is 3.08. The molecule has 0 spiro atoms. The van der Waals surface area contributed by atoms with Crippen molar-refractivity contribution >= 4 is 17.7 Å². The summed E-state index contributed by atoms with van der Waals surface area (Å²) in [5, 5.41) is 0. The molecule has 6 nitrogen and oxygen atoms in total. The quantitative estimate of drug-likeness (QED) is 0.490. The van der Waals surface area contributed by atoms with E-state index in [1.807, 2.05) is 25.1 Å². The molecule has 0 N–H and O–H groups in total. The number of carbonyl (C=O) groups excluding carboxylic acids is 3. The Kier molecular flexibility index (Phi) is 7.31. The average Bonchev–Trinajstić information content (AvgIpc) is 3.01. The fourth-order valence-electron chi connectivity index (χ4n) is 4.69. The molecule has 0 unspecified atom stereocenters. The van der Waals surface area contributed by atoms with Crippen LogP contribution in [0.5, 0.6) is 0 Å². The maximum atomic E-state index is 13.4. The van der Waals surface area contributed by atoms with Crippen molar-refractivity contribution in [2.75, 3.05) is 20.2 Å². The minimum absolute atomic E-state index is 0.00344. The van der Waals surface area contributed by atoms with Gasteiger partial charge in [0.1, 0.15) is 5.69 Å². The average molecular weight is 425 g/mol. The van der Waals surface area contributed by atoms with Gasteiger partial charge in [-0.05, 0) is 50.3 Å². The summed E-state index contributed by atoms with van der Waals surface area (Å²) in [6.45, 7) is 4.15. The van der Waals surface area contributed by atoms with Crippen molar-refractivity contribution in [3.63, 3.8) is 0 Å². The van der Waals surface area contributed by atoms with Gasteiger partial charge in [-0.3, -0.25) is 9.59 Å². The van der Waals surface area contributed by atoms with Crippen LogP contribution in [0.4, 0.5) is 0 Å². The van der Waals surface area contributed by atoms with E-state index < -0.39 is 5.97 Å². The number of hydrogen-bond donors (Lipinski definition) is 0. The fourth-order valence-corrected chi connectivity index (χ4v) is 4.69. The largest absolute Gasteiger partial charge is 0.464 e. The molecular formula is C25H32N2O4. The first kappa shape index (κ1) is 22.8. The standard InChI is InChI=1S/C25H32N2O4/c1-17-22(18(2)26(3)23(17)25(30)31-4)21(28)16-27(15-19-11-7-5-8-12-19)24(29)20-13-9-6-10-14-20/h6,9-10,13-14,19H,5,7-8,11-12,15-16H2,1-4H3. The van der Waals surface area contributed by atoms with Gasteiger partial charge in [0.2, 0.25) is 0 Å². The number of hydrogen-bond acceptors (Lipinski definition) is 4. The maximum absolute atomic E-state index is 13.4. The molecule has 6 heteroatoms. The molecule has 2 aromatic rings. The van der Waals surface area contributed by atoms with Gasteiger partial charge >= 0.3 is 5.97 Å². The van der Waals surface area contributed by atoms with E-state index in [4.69, 9.17) is 4.74 Å². The third-order valence-corrected chi connectivity index (χ3v) is 6.43. The van der Waals surface area contributed by atoms with Gasteiger partial charge in [-0.15, -0.1) is 0 Å². The van der Waals surface area contributed by atoms with Gasteiger partial charge in [0, 0.05) is 30.4 Å². The highest BCUT2D eigenvalue weighted by Gasteiger charge is 2.29. The molecule has 0 aliphatic heterocycles. The molecule has 1 aliphatic carbocycles. The number of nitrogens with zero attached hydrogens (tertiary/aromatic N) is 2. The topological polar surface area (TPSA) is 68.6 Å². The van der Waals surface area contributed by atoms with E-state index in [-0.39, 0.29) is 18.2 Å². The third-order valence-electron chi connectivity index (χ3n) is 6.43. The summed E-state index contributed by atoms with van der Waals surface area (Å²) in [4.78, 5) is 40.6. The van der Waals surface area contributed by atoms with Gasteiger partial charge in [0.15, 0.2) is 5.78 Å². The number of methoxy groups -OCH3 is 1. The van der Waals surface area contributed by atoms with Gasteiger partial charge in [0.25, 0.3) is 5.91 Å². The Bertz CT molecular complexity index is 956. The maximum Gasteiger partial charge on any atom is 0.354 e. The summed E-state index contributed by atoms with van der Waals surface area (Å²) in [6, 6.07) is 9.12. The van der Waals surface area contributed by atoms with Crippen molar-refractivity contribution in [3.05, 3.63) is 58.4 Å². The number of aromatic nitrogens is 1. The van der Waals surface area contributed by atoms with Crippen LogP contribution >= 0.6 is 0 Å². The molecule has 1 saturated carbocycles. The number of esters is 1. The molecule has 1 aliphatic rings. The molecule has 1 fully saturated rings. The molecule has 1 aromatic carbocycles. The zero-order chi connectivity index (χ0) is 22.5. The molecule has 1 amide bonds. The van der Waals surface area contributed by atoms with Gasteiger partial charge in [-0.2, -0.15) is 0 Å². The predicted molar refractivity (Wildman–Crippen MR) is 119 cm³/mol. The Morgan fingerprint density at radius 1 is 1.06 bits per heavy atom. The van der Waals surface area contributed by atoms with E-state index in [1.54, 1.807) is 35.6 Å². The van der Waals surface area contributed by atoms with Crippen molar-refractivity contribution in [2.24, 2.45) is 13.0 Å². The first-order chi connectivity index (χ1) is 14.8. The van der Waals surface area contributed by atoms with Crippen LogP contribution in [0, 0.1) is 19.8 Å². The molecule has 0 atom stereocenters. The SMILES string of the molecule is COC(=O)c1c(C)c(C(=O)CN(CC2CCCCC2)C(=O)c2ccccc2)c(C)n1C. The van der Waals surface area contributed by atoms with Crippen LogP contribution in [-0.2, 0) is 11.8 Å². The van der Waals surface area contributed by atoms with Crippen molar-refractivity contribution in [3.8, 4) is 0 Å².